The van der Waals surface area contributed by atoms with E-state index < -0.39 is 0 Å². The summed E-state index contributed by atoms with van der Waals surface area (Å²) in [6.07, 6.45) is 26.5. The Morgan fingerprint density at radius 3 is 2.04 bits per heavy atom. The summed E-state index contributed by atoms with van der Waals surface area (Å²) in [5, 5.41) is 9.70. The van der Waals surface area contributed by atoms with Crippen LogP contribution in [0.1, 0.15) is 110 Å². The topological polar surface area (TPSA) is 35.8 Å². The van der Waals surface area contributed by atoms with Gasteiger partial charge in [-0.3, -0.25) is 9.89 Å². The smallest absolute Gasteiger partial charge is 0.106 e. The van der Waals surface area contributed by atoms with Gasteiger partial charge in [-0.15, -0.1) is 0 Å². The summed E-state index contributed by atoms with van der Waals surface area (Å²) in [4.78, 5) is 6.55. The Bertz CT molecular complexity index is 365. The normalized spacial score (nSPS) is 19.0. The summed E-state index contributed by atoms with van der Waals surface area (Å²) in [5.41, 5.74) is 0. The lowest BCUT2D eigenvalue weighted by atomic mass is 10.1. The fraction of sp³-hybridized carbons (Fsp3) is 0.870. The molecule has 0 saturated heterocycles. The summed E-state index contributed by atoms with van der Waals surface area (Å²) < 4.78 is 0. The zero-order valence-electron chi connectivity index (χ0n) is 17.5. The van der Waals surface area contributed by atoms with Crippen LogP contribution in [-0.4, -0.2) is 35.2 Å². The molecule has 1 aliphatic rings. The van der Waals surface area contributed by atoms with E-state index in [4.69, 9.17) is 0 Å². The maximum Gasteiger partial charge on any atom is 0.106 e. The monoisotopic (exact) mass is 364 g/mol. The lowest BCUT2D eigenvalue weighted by Gasteiger charge is -2.25. The molecule has 0 amide bonds. The van der Waals surface area contributed by atoms with Crippen LogP contribution in [0.15, 0.2) is 17.1 Å². The van der Waals surface area contributed by atoms with E-state index >= 15 is 0 Å². The Kier molecular flexibility index (Phi) is 14.8. The first-order valence-corrected chi connectivity index (χ1v) is 11.4. The highest BCUT2D eigenvalue weighted by Gasteiger charge is 2.23. The number of aliphatic imine (C=N–C) groups is 1. The lowest BCUT2D eigenvalue weighted by Crippen LogP contribution is -2.37. The number of aliphatic hydroxyl groups excluding tert-OH is 1. The summed E-state index contributed by atoms with van der Waals surface area (Å²) in [7, 11) is 0. The molecule has 3 nitrogen and oxygen atoms in total. The largest absolute Gasteiger partial charge is 0.379 e. The van der Waals surface area contributed by atoms with Crippen LogP contribution in [0.25, 0.3) is 0 Å². The van der Waals surface area contributed by atoms with Gasteiger partial charge in [0.05, 0.1) is 0 Å². The molecule has 2 atom stereocenters. The minimum atomic E-state index is -0.378. The predicted octanol–water partition coefficient (Wildman–Crippen LogP) is 6.46. The van der Waals surface area contributed by atoms with E-state index in [2.05, 4.69) is 29.0 Å². The second kappa shape index (κ2) is 16.5. The van der Waals surface area contributed by atoms with E-state index in [-0.39, 0.29) is 12.4 Å². The molecule has 0 aromatic carbocycles. The Balaban J connectivity index is 1.81. The fourth-order valence-electron chi connectivity index (χ4n) is 3.69. The molecule has 1 rings (SSSR count). The van der Waals surface area contributed by atoms with Gasteiger partial charge in [-0.25, -0.2) is 0 Å². The number of hydrogen-bond donors (Lipinski definition) is 1. The fourth-order valence-corrected chi connectivity index (χ4v) is 3.69. The van der Waals surface area contributed by atoms with E-state index in [0.717, 1.165) is 13.0 Å². The molecule has 0 aromatic rings. The third-order valence-corrected chi connectivity index (χ3v) is 5.41. The molecule has 0 aliphatic carbocycles. The highest BCUT2D eigenvalue weighted by Crippen LogP contribution is 2.17. The number of aliphatic hydroxyl groups is 1. The van der Waals surface area contributed by atoms with Crippen LogP contribution < -0.4 is 0 Å². The maximum atomic E-state index is 9.70. The van der Waals surface area contributed by atoms with Gasteiger partial charge in [0, 0.05) is 12.8 Å². The molecule has 26 heavy (non-hydrogen) atoms. The van der Waals surface area contributed by atoms with Crippen molar-refractivity contribution < 1.29 is 5.11 Å². The molecule has 0 bridgehead atoms. The van der Waals surface area contributed by atoms with Crippen molar-refractivity contribution in [2.24, 2.45) is 4.99 Å². The SMILES string of the molecule is CCCCCCCC/C=C/CCCCCCCCC1N=CCN1C(C)O. The minimum Gasteiger partial charge on any atom is -0.379 e. The highest BCUT2D eigenvalue weighted by atomic mass is 16.3. The zero-order chi connectivity index (χ0) is 18.9. The van der Waals surface area contributed by atoms with Crippen LogP contribution >= 0.6 is 0 Å². The van der Waals surface area contributed by atoms with Gasteiger partial charge < -0.3 is 5.11 Å². The third-order valence-electron chi connectivity index (χ3n) is 5.41. The average molecular weight is 365 g/mol. The van der Waals surface area contributed by atoms with Gasteiger partial charge in [-0.2, -0.15) is 0 Å². The minimum absolute atomic E-state index is 0.215. The molecule has 0 radical (unpaired) electrons. The molecule has 152 valence electrons. The molecular weight excluding hydrogens is 320 g/mol. The standard InChI is InChI=1S/C23H44N2O/c1-3-4-5-6-7-8-9-10-11-12-13-14-15-16-17-18-19-23-24-20-21-25(23)22(2)26/h10-11,20,22-23,26H,3-9,12-19,21H2,1-2H3/b11-10+. The molecule has 2 unspecified atom stereocenters. The number of unbranched alkanes of at least 4 members (excludes halogenated alkanes) is 12. The van der Waals surface area contributed by atoms with Crippen LogP contribution in [0.4, 0.5) is 0 Å². The lowest BCUT2D eigenvalue weighted by molar-refractivity contribution is 0.00710. The molecule has 1 heterocycles. The van der Waals surface area contributed by atoms with Crippen molar-refractivity contribution in [1.29, 1.82) is 0 Å². The van der Waals surface area contributed by atoms with E-state index in [0.29, 0.717) is 0 Å². The first-order chi connectivity index (χ1) is 12.8. The van der Waals surface area contributed by atoms with Gasteiger partial charge in [-0.05, 0) is 45.4 Å². The van der Waals surface area contributed by atoms with Gasteiger partial charge in [0.2, 0.25) is 0 Å². The summed E-state index contributed by atoms with van der Waals surface area (Å²) in [6, 6.07) is 0. The van der Waals surface area contributed by atoms with Crippen molar-refractivity contribution in [3.05, 3.63) is 12.2 Å². The number of rotatable bonds is 17. The van der Waals surface area contributed by atoms with E-state index in [1.54, 1.807) is 0 Å². The van der Waals surface area contributed by atoms with Crippen molar-refractivity contribution in [1.82, 2.24) is 4.90 Å². The van der Waals surface area contributed by atoms with Crippen LogP contribution in [0.3, 0.4) is 0 Å². The molecular formula is C23H44N2O. The maximum absolute atomic E-state index is 9.70. The van der Waals surface area contributed by atoms with Crippen LogP contribution in [0, 0.1) is 0 Å². The van der Waals surface area contributed by atoms with Crippen molar-refractivity contribution in [3.8, 4) is 0 Å². The molecule has 1 aliphatic heterocycles. The first kappa shape index (κ1) is 23.4. The predicted molar refractivity (Wildman–Crippen MR) is 115 cm³/mol. The molecule has 0 saturated carbocycles. The Labute approximate surface area is 163 Å². The number of nitrogens with zero attached hydrogens (tertiary/aromatic N) is 2. The quantitative estimate of drug-likeness (QED) is 0.237. The first-order valence-electron chi connectivity index (χ1n) is 11.4. The second-order valence-electron chi connectivity index (χ2n) is 7.87. The molecule has 3 heteroatoms. The van der Waals surface area contributed by atoms with E-state index in [9.17, 15) is 5.11 Å². The molecule has 1 N–H and O–H groups in total. The zero-order valence-corrected chi connectivity index (χ0v) is 17.5. The summed E-state index contributed by atoms with van der Waals surface area (Å²) >= 11 is 0. The van der Waals surface area contributed by atoms with Crippen LogP contribution in [0.2, 0.25) is 0 Å². The molecule has 0 spiro atoms. The molecule has 0 fully saturated rings. The second-order valence-corrected chi connectivity index (χ2v) is 7.87. The summed E-state index contributed by atoms with van der Waals surface area (Å²) in [6.45, 7) is 4.92. The Morgan fingerprint density at radius 1 is 0.923 bits per heavy atom. The van der Waals surface area contributed by atoms with Gasteiger partial charge >= 0.3 is 0 Å². The average Bonchev–Trinajstić information content (AvgIpc) is 3.10. The number of allylic oxidation sites excluding steroid dienone is 2. The third kappa shape index (κ3) is 11.9. The Morgan fingerprint density at radius 2 is 1.46 bits per heavy atom. The van der Waals surface area contributed by atoms with E-state index in [1.807, 2.05) is 13.1 Å². The Hall–Kier alpha value is -0.670. The van der Waals surface area contributed by atoms with Crippen molar-refractivity contribution in [2.45, 2.75) is 123 Å². The summed E-state index contributed by atoms with van der Waals surface area (Å²) in [5.74, 6) is 0. The molecule has 0 aromatic heterocycles. The number of hydrogen-bond acceptors (Lipinski definition) is 3. The van der Waals surface area contributed by atoms with Crippen molar-refractivity contribution >= 4 is 6.21 Å². The van der Waals surface area contributed by atoms with Crippen molar-refractivity contribution in [3.63, 3.8) is 0 Å². The van der Waals surface area contributed by atoms with E-state index in [1.165, 1.54) is 89.9 Å². The van der Waals surface area contributed by atoms with Crippen molar-refractivity contribution in [2.75, 3.05) is 6.54 Å². The van der Waals surface area contributed by atoms with Crippen LogP contribution in [-0.2, 0) is 0 Å². The van der Waals surface area contributed by atoms with Gasteiger partial charge in [0.25, 0.3) is 0 Å². The van der Waals surface area contributed by atoms with Gasteiger partial charge in [0.15, 0.2) is 0 Å². The van der Waals surface area contributed by atoms with Gasteiger partial charge in [0.1, 0.15) is 12.4 Å². The highest BCUT2D eigenvalue weighted by molar-refractivity contribution is 5.62. The van der Waals surface area contributed by atoms with Crippen LogP contribution in [0.5, 0.6) is 0 Å². The van der Waals surface area contributed by atoms with Gasteiger partial charge in [-0.1, -0.05) is 76.9 Å².